The third kappa shape index (κ3) is 4.00. The summed E-state index contributed by atoms with van der Waals surface area (Å²) in [5.74, 6) is 0.415. The first-order valence-corrected chi connectivity index (χ1v) is 10.4. The van der Waals surface area contributed by atoms with Gasteiger partial charge in [0.1, 0.15) is 5.82 Å². The zero-order valence-electron chi connectivity index (χ0n) is 17.1. The average Bonchev–Trinajstić information content (AvgIpc) is 2.69. The maximum absolute atomic E-state index is 12.8. The minimum absolute atomic E-state index is 0.275. The molecule has 0 radical (unpaired) electrons. The molecule has 0 aliphatic rings. The van der Waals surface area contributed by atoms with Crippen LogP contribution in [0.25, 0.3) is 21.7 Å². The van der Waals surface area contributed by atoms with Gasteiger partial charge in [-0.15, -0.1) is 0 Å². The normalized spacial score (nSPS) is 13.0. The summed E-state index contributed by atoms with van der Waals surface area (Å²) in [6.45, 7) is 5.00. The number of benzene rings is 2. The Labute approximate surface area is 188 Å². The van der Waals surface area contributed by atoms with E-state index in [0.29, 0.717) is 54.4 Å². The van der Waals surface area contributed by atoms with Crippen molar-refractivity contribution >= 4 is 56.4 Å². The maximum Gasteiger partial charge on any atom is 0.256 e. The summed E-state index contributed by atoms with van der Waals surface area (Å²) in [4.78, 5) is 20.2. The molecule has 4 N–H and O–H groups in total. The van der Waals surface area contributed by atoms with Gasteiger partial charge in [0.05, 0.1) is 38.3 Å². The van der Waals surface area contributed by atoms with Crippen molar-refractivity contribution in [1.82, 2.24) is 9.97 Å². The molecule has 2 aromatic carbocycles. The van der Waals surface area contributed by atoms with Gasteiger partial charge >= 0.3 is 0 Å². The third-order valence-corrected chi connectivity index (χ3v) is 5.81. The lowest BCUT2D eigenvalue weighted by Gasteiger charge is -2.19. The second kappa shape index (κ2) is 7.80. The van der Waals surface area contributed by atoms with E-state index < -0.39 is 11.7 Å². The molecule has 0 saturated carbocycles. The lowest BCUT2D eigenvalue weighted by Crippen LogP contribution is -2.15. The van der Waals surface area contributed by atoms with Gasteiger partial charge in [-0.25, -0.2) is 4.98 Å². The predicted octanol–water partition coefficient (Wildman–Crippen LogP) is 5.41. The van der Waals surface area contributed by atoms with E-state index in [2.05, 4.69) is 10.3 Å². The average molecular weight is 458 g/mol. The van der Waals surface area contributed by atoms with Crippen molar-refractivity contribution in [3.63, 3.8) is 0 Å². The third-order valence-electron chi connectivity index (χ3n) is 5.21. The van der Waals surface area contributed by atoms with E-state index in [9.17, 15) is 15.0 Å². The van der Waals surface area contributed by atoms with E-state index in [1.807, 2.05) is 0 Å². The quantitative estimate of drug-likeness (QED) is 0.307. The van der Waals surface area contributed by atoms with Crippen LogP contribution in [0.15, 0.2) is 47.4 Å². The molecule has 8 heteroatoms. The number of fused-ring (bicyclic) bond motifs is 3. The highest BCUT2D eigenvalue weighted by molar-refractivity contribution is 6.39. The molecule has 2 heterocycles. The number of aromatic amines is 1. The van der Waals surface area contributed by atoms with Gasteiger partial charge < -0.3 is 20.5 Å². The lowest BCUT2D eigenvalue weighted by atomic mass is 9.95. The smallest absolute Gasteiger partial charge is 0.256 e. The lowest BCUT2D eigenvalue weighted by molar-refractivity contribution is 0.0787. The largest absolute Gasteiger partial charge is 0.389 e. The van der Waals surface area contributed by atoms with Gasteiger partial charge in [-0.05, 0) is 62.2 Å². The second-order valence-corrected chi connectivity index (χ2v) is 8.82. The van der Waals surface area contributed by atoms with Crippen LogP contribution in [0.5, 0.6) is 0 Å². The minimum Gasteiger partial charge on any atom is -0.389 e. The Morgan fingerprint density at radius 1 is 1.10 bits per heavy atom. The Kier molecular flexibility index (Phi) is 5.43. The van der Waals surface area contributed by atoms with E-state index in [4.69, 9.17) is 28.2 Å². The number of hydrogen-bond donors (Lipinski definition) is 4. The number of hydrogen-bond acceptors (Lipinski definition) is 5. The highest BCUT2D eigenvalue weighted by Crippen LogP contribution is 2.38. The van der Waals surface area contributed by atoms with Crippen LogP contribution in [0.1, 0.15) is 38.0 Å². The van der Waals surface area contributed by atoms with E-state index in [-0.39, 0.29) is 5.56 Å². The van der Waals surface area contributed by atoms with Crippen molar-refractivity contribution < 1.29 is 10.2 Å². The molecular weight excluding hydrogens is 437 g/mol. The molecule has 0 aliphatic carbocycles. The first kappa shape index (κ1) is 21.6. The van der Waals surface area contributed by atoms with Crippen LogP contribution < -0.4 is 10.9 Å². The fourth-order valence-electron chi connectivity index (χ4n) is 3.51. The fraction of sp³-hybridized carbons (Fsp3) is 0.217. The summed E-state index contributed by atoms with van der Waals surface area (Å²) in [6.07, 6.45) is 0.829. The number of aliphatic hydroxyl groups excluding tert-OH is 1. The summed E-state index contributed by atoms with van der Waals surface area (Å²) in [7, 11) is 0. The second-order valence-electron chi connectivity index (χ2n) is 8.01. The molecule has 0 bridgehead atoms. The Morgan fingerprint density at radius 3 is 2.39 bits per heavy atom. The number of anilines is 2. The van der Waals surface area contributed by atoms with Gasteiger partial charge in [0.2, 0.25) is 0 Å². The van der Waals surface area contributed by atoms with Gasteiger partial charge in [-0.2, -0.15) is 0 Å². The van der Waals surface area contributed by atoms with Crippen molar-refractivity contribution in [1.29, 1.82) is 0 Å². The minimum atomic E-state index is -1.06. The molecule has 31 heavy (non-hydrogen) atoms. The van der Waals surface area contributed by atoms with Crippen molar-refractivity contribution in [2.75, 3.05) is 5.32 Å². The van der Waals surface area contributed by atoms with E-state index >= 15 is 0 Å². The highest BCUT2D eigenvalue weighted by atomic mass is 35.5. The standard InChI is InChI=1S/C23H21Cl2N3O3/c1-11(29)12-8-16(24)20(17(25)9-12)28-21-14-6-7-26-22(30)19(14)15-10-13(23(2,3)31)4-5-18(15)27-21/h4-11,29,31H,1-3H3,(H,26,30)(H,27,28)/t11-/m0/s1. The number of pyridine rings is 2. The zero-order valence-corrected chi connectivity index (χ0v) is 18.6. The van der Waals surface area contributed by atoms with Crippen LogP contribution in [0.2, 0.25) is 10.0 Å². The first-order valence-electron chi connectivity index (χ1n) is 9.68. The topological polar surface area (TPSA) is 98.2 Å². The number of aliphatic hydroxyl groups is 2. The van der Waals surface area contributed by atoms with Crippen LogP contribution in [0, 0.1) is 0 Å². The van der Waals surface area contributed by atoms with Crippen LogP contribution in [0.3, 0.4) is 0 Å². The van der Waals surface area contributed by atoms with Crippen LogP contribution >= 0.6 is 23.2 Å². The van der Waals surface area contributed by atoms with Crippen molar-refractivity contribution in [2.45, 2.75) is 32.5 Å². The van der Waals surface area contributed by atoms with E-state index in [1.54, 1.807) is 63.4 Å². The number of H-pyrrole nitrogens is 1. The number of nitrogens with zero attached hydrogens (tertiary/aromatic N) is 1. The molecule has 0 spiro atoms. The molecule has 0 aliphatic heterocycles. The van der Waals surface area contributed by atoms with Crippen LogP contribution in [-0.4, -0.2) is 20.2 Å². The number of nitrogens with one attached hydrogen (secondary N) is 2. The van der Waals surface area contributed by atoms with Crippen molar-refractivity contribution in [2.24, 2.45) is 0 Å². The van der Waals surface area contributed by atoms with Gasteiger partial charge in [0, 0.05) is 17.0 Å². The maximum atomic E-state index is 12.8. The Bertz CT molecular complexity index is 1350. The summed E-state index contributed by atoms with van der Waals surface area (Å²) in [6, 6.07) is 10.3. The highest BCUT2D eigenvalue weighted by Gasteiger charge is 2.20. The van der Waals surface area contributed by atoms with Crippen LogP contribution in [0.4, 0.5) is 11.5 Å². The molecule has 160 valence electrons. The summed E-state index contributed by atoms with van der Waals surface area (Å²) in [5.41, 5.74) is 0.926. The number of aromatic nitrogens is 2. The first-order chi connectivity index (χ1) is 14.6. The molecule has 2 aromatic heterocycles. The molecule has 6 nitrogen and oxygen atoms in total. The van der Waals surface area contributed by atoms with E-state index in [1.165, 1.54) is 0 Å². The Balaban J connectivity index is 1.96. The SMILES string of the molecule is C[C@H](O)c1cc(Cl)c(Nc2nc3ccc(C(C)(C)O)cc3c3c(=O)[nH]ccc23)c(Cl)c1. The van der Waals surface area contributed by atoms with Crippen LogP contribution in [-0.2, 0) is 5.60 Å². The van der Waals surface area contributed by atoms with Gasteiger partial charge in [0.15, 0.2) is 0 Å². The Morgan fingerprint density at radius 2 is 1.77 bits per heavy atom. The molecule has 1 atom stereocenters. The molecule has 4 rings (SSSR count). The summed E-state index contributed by atoms with van der Waals surface area (Å²) in [5, 5.41) is 25.7. The summed E-state index contributed by atoms with van der Waals surface area (Å²) < 4.78 is 0. The predicted molar refractivity (Wildman–Crippen MR) is 125 cm³/mol. The number of halogens is 2. The molecule has 0 unspecified atom stereocenters. The summed E-state index contributed by atoms with van der Waals surface area (Å²) >= 11 is 12.8. The molecule has 0 saturated heterocycles. The van der Waals surface area contributed by atoms with Gasteiger partial charge in [-0.1, -0.05) is 29.3 Å². The fourth-order valence-corrected chi connectivity index (χ4v) is 4.10. The van der Waals surface area contributed by atoms with Gasteiger partial charge in [-0.3, -0.25) is 4.79 Å². The van der Waals surface area contributed by atoms with Gasteiger partial charge in [0.25, 0.3) is 5.56 Å². The molecule has 0 amide bonds. The van der Waals surface area contributed by atoms with E-state index in [0.717, 1.165) is 0 Å². The number of rotatable bonds is 4. The monoisotopic (exact) mass is 457 g/mol. The molecule has 0 fully saturated rings. The molecule has 4 aromatic rings. The van der Waals surface area contributed by atoms with Crippen molar-refractivity contribution in [3.05, 3.63) is 74.1 Å². The zero-order chi connectivity index (χ0) is 22.5. The Hall–Kier alpha value is -2.64. The van der Waals surface area contributed by atoms with Crippen molar-refractivity contribution in [3.8, 4) is 0 Å². The molecular formula is C23H21Cl2N3O3.